The van der Waals surface area contributed by atoms with Gasteiger partial charge >= 0.3 is 0 Å². The maximum atomic E-state index is 7.62. The normalized spacial score (nSPS) is 20.3. The second-order valence-electron chi connectivity index (χ2n) is 5.39. The van der Waals surface area contributed by atoms with Gasteiger partial charge < -0.3 is 16.0 Å². The van der Waals surface area contributed by atoms with Crippen molar-refractivity contribution in [1.82, 2.24) is 14.7 Å². The van der Waals surface area contributed by atoms with Gasteiger partial charge in [-0.1, -0.05) is 6.92 Å². The van der Waals surface area contributed by atoms with Crippen LogP contribution in [0, 0.1) is 5.41 Å². The van der Waals surface area contributed by atoms with Crippen molar-refractivity contribution in [2.75, 3.05) is 31.5 Å². The van der Waals surface area contributed by atoms with Crippen molar-refractivity contribution in [2.24, 2.45) is 5.73 Å². The van der Waals surface area contributed by atoms with Gasteiger partial charge in [-0.2, -0.15) is 9.78 Å². The minimum Gasteiger partial charge on any atom is -0.369 e. The highest BCUT2D eigenvalue weighted by atomic mass is 15.4. The van der Waals surface area contributed by atoms with Crippen LogP contribution in [0.4, 0.5) is 5.82 Å². The molecule has 3 rings (SSSR count). The Hall–Kier alpha value is -1.56. The Balaban J connectivity index is 1.86. The number of nitrogens with two attached hydrogens (primary N) is 1. The van der Waals surface area contributed by atoms with Crippen LogP contribution in [0.3, 0.4) is 0 Å². The topological polar surface area (TPSA) is 83.0 Å². The maximum absolute atomic E-state index is 7.62. The van der Waals surface area contributed by atoms with Crippen molar-refractivity contribution in [3.8, 4) is 0 Å². The summed E-state index contributed by atoms with van der Waals surface area (Å²) in [7, 11) is 0. The first-order valence-corrected chi connectivity index (χ1v) is 7.13. The van der Waals surface area contributed by atoms with Gasteiger partial charge in [-0.15, -0.1) is 0 Å². The number of piperidine rings is 1. The zero-order valence-corrected chi connectivity index (χ0v) is 11.4. The molecule has 2 aliphatic heterocycles. The summed E-state index contributed by atoms with van der Waals surface area (Å²) >= 11 is 0. The van der Waals surface area contributed by atoms with Crippen LogP contribution in [0.5, 0.6) is 0 Å². The lowest BCUT2D eigenvalue weighted by Gasteiger charge is -2.30. The number of anilines is 1. The summed E-state index contributed by atoms with van der Waals surface area (Å²) in [5, 5.41) is 15.5. The lowest BCUT2D eigenvalue weighted by molar-refractivity contribution is 0.220. The van der Waals surface area contributed by atoms with Gasteiger partial charge in [-0.05, 0) is 38.9 Å². The fourth-order valence-electron chi connectivity index (χ4n) is 3.23. The first-order valence-electron chi connectivity index (χ1n) is 7.13. The average Bonchev–Trinajstić information content (AvgIpc) is 3.00. The number of nitrogens with one attached hydrogen (secondary N) is 2. The van der Waals surface area contributed by atoms with Crippen molar-refractivity contribution < 1.29 is 0 Å². The summed E-state index contributed by atoms with van der Waals surface area (Å²) in [5.41, 5.74) is 8.06. The monoisotopic (exact) mass is 262 g/mol. The Labute approximate surface area is 113 Å². The highest BCUT2D eigenvalue weighted by molar-refractivity contribution is 5.81. The van der Waals surface area contributed by atoms with Crippen LogP contribution in [-0.2, 0) is 6.42 Å². The molecule has 6 nitrogen and oxygen atoms in total. The zero-order chi connectivity index (χ0) is 13.4. The number of likely N-dealkylation sites (tertiary alicyclic amines) is 1. The van der Waals surface area contributed by atoms with E-state index < -0.39 is 0 Å². The fraction of sp³-hybridized carbons (Fsp3) is 0.692. The van der Waals surface area contributed by atoms with Gasteiger partial charge in [-0.3, -0.25) is 5.41 Å². The number of aromatic nitrogens is 2. The number of hydrogen-bond donors (Lipinski definition) is 3. The molecule has 2 aliphatic rings. The molecule has 1 aromatic rings. The molecule has 4 N–H and O–H groups in total. The van der Waals surface area contributed by atoms with Crippen LogP contribution in [0.2, 0.25) is 0 Å². The summed E-state index contributed by atoms with van der Waals surface area (Å²) in [4.78, 5) is 2.48. The Morgan fingerprint density at radius 2 is 2.21 bits per heavy atom. The second-order valence-corrected chi connectivity index (χ2v) is 5.39. The number of nitrogen functional groups attached to an aromatic ring is 1. The second kappa shape index (κ2) is 4.85. The van der Waals surface area contributed by atoms with E-state index >= 15 is 0 Å². The first kappa shape index (κ1) is 12.5. The molecule has 0 atom stereocenters. The third-order valence-corrected chi connectivity index (χ3v) is 4.33. The first-order chi connectivity index (χ1) is 9.20. The van der Waals surface area contributed by atoms with Crippen molar-refractivity contribution in [3.05, 3.63) is 11.3 Å². The Bertz CT molecular complexity index is 484. The molecule has 0 unspecified atom stereocenters. The van der Waals surface area contributed by atoms with Crippen LogP contribution < -0.4 is 11.1 Å². The third kappa shape index (κ3) is 2.10. The summed E-state index contributed by atoms with van der Waals surface area (Å²) in [6.07, 6.45) is 3.33. The van der Waals surface area contributed by atoms with E-state index in [0.717, 1.165) is 51.3 Å². The highest BCUT2D eigenvalue weighted by Crippen LogP contribution is 2.35. The fourth-order valence-corrected chi connectivity index (χ4v) is 3.23. The van der Waals surface area contributed by atoms with E-state index in [-0.39, 0.29) is 5.96 Å². The van der Waals surface area contributed by atoms with Crippen LogP contribution >= 0.6 is 0 Å². The average molecular weight is 262 g/mol. The molecular weight excluding hydrogens is 240 g/mol. The molecule has 0 aliphatic carbocycles. The molecule has 0 bridgehead atoms. The van der Waals surface area contributed by atoms with Crippen LogP contribution in [0.15, 0.2) is 0 Å². The molecule has 0 aromatic carbocycles. The molecule has 1 aromatic heterocycles. The minimum atomic E-state index is 0.00268. The summed E-state index contributed by atoms with van der Waals surface area (Å²) < 4.78 is 1.56. The van der Waals surface area contributed by atoms with E-state index in [1.165, 1.54) is 11.3 Å². The van der Waals surface area contributed by atoms with Gasteiger partial charge in [0.1, 0.15) is 5.82 Å². The SMILES string of the molecule is CCN1CCC(c2nn(C(=N)N)c3c2CCN3)CC1. The molecule has 3 heterocycles. The predicted molar refractivity (Wildman–Crippen MR) is 75.8 cm³/mol. The molecular formula is C13H22N6. The van der Waals surface area contributed by atoms with Crippen LogP contribution in [-0.4, -0.2) is 46.8 Å². The molecule has 19 heavy (non-hydrogen) atoms. The van der Waals surface area contributed by atoms with E-state index in [0.29, 0.717) is 5.92 Å². The molecule has 6 heteroatoms. The Kier molecular flexibility index (Phi) is 3.18. The molecule has 0 radical (unpaired) electrons. The third-order valence-electron chi connectivity index (χ3n) is 4.33. The minimum absolute atomic E-state index is 0.00268. The van der Waals surface area contributed by atoms with E-state index in [9.17, 15) is 0 Å². The van der Waals surface area contributed by atoms with Gasteiger partial charge in [0.2, 0.25) is 5.96 Å². The molecule has 104 valence electrons. The van der Waals surface area contributed by atoms with E-state index in [1.54, 1.807) is 4.68 Å². The van der Waals surface area contributed by atoms with Gasteiger partial charge in [-0.25, -0.2) is 0 Å². The number of fused-ring (bicyclic) bond motifs is 1. The van der Waals surface area contributed by atoms with Crippen LogP contribution in [0.1, 0.15) is 36.9 Å². The zero-order valence-electron chi connectivity index (χ0n) is 11.4. The smallest absolute Gasteiger partial charge is 0.215 e. The van der Waals surface area contributed by atoms with Crippen molar-refractivity contribution >= 4 is 11.8 Å². The number of rotatable bonds is 2. The van der Waals surface area contributed by atoms with Crippen molar-refractivity contribution in [3.63, 3.8) is 0 Å². The van der Waals surface area contributed by atoms with Gasteiger partial charge in [0.25, 0.3) is 0 Å². The molecule has 0 saturated carbocycles. The van der Waals surface area contributed by atoms with Crippen molar-refractivity contribution in [2.45, 2.75) is 32.1 Å². The summed E-state index contributed by atoms with van der Waals surface area (Å²) in [5.74, 6) is 1.47. The van der Waals surface area contributed by atoms with Gasteiger partial charge in [0.05, 0.1) is 5.69 Å². The van der Waals surface area contributed by atoms with E-state index in [2.05, 4.69) is 22.2 Å². The molecule has 0 spiro atoms. The quantitative estimate of drug-likeness (QED) is 0.543. The van der Waals surface area contributed by atoms with Crippen LogP contribution in [0.25, 0.3) is 0 Å². The van der Waals surface area contributed by atoms with E-state index in [1.807, 2.05) is 0 Å². The lowest BCUT2D eigenvalue weighted by Crippen LogP contribution is -2.33. The van der Waals surface area contributed by atoms with Crippen molar-refractivity contribution in [1.29, 1.82) is 5.41 Å². The van der Waals surface area contributed by atoms with Gasteiger partial charge in [0.15, 0.2) is 0 Å². The Morgan fingerprint density at radius 3 is 2.84 bits per heavy atom. The molecule has 0 amide bonds. The Morgan fingerprint density at radius 1 is 1.47 bits per heavy atom. The number of hydrogen-bond acceptors (Lipinski definition) is 4. The molecule has 1 fully saturated rings. The highest BCUT2D eigenvalue weighted by Gasteiger charge is 2.30. The van der Waals surface area contributed by atoms with Gasteiger partial charge in [0, 0.05) is 18.0 Å². The largest absolute Gasteiger partial charge is 0.369 e. The predicted octanol–water partition coefficient (Wildman–Crippen LogP) is 0.792. The lowest BCUT2D eigenvalue weighted by atomic mass is 9.91. The molecule has 1 saturated heterocycles. The standard InChI is InChI=1S/C13H22N6/c1-2-18-7-4-9(5-8-18)11-10-3-6-16-12(10)19(17-11)13(14)15/h9,16H,2-8H2,1H3,(H3,14,15). The number of nitrogens with zero attached hydrogens (tertiary/aromatic N) is 3. The van der Waals surface area contributed by atoms with E-state index in [4.69, 9.17) is 11.1 Å². The maximum Gasteiger partial charge on any atom is 0.215 e. The summed E-state index contributed by atoms with van der Waals surface area (Å²) in [6, 6.07) is 0. The summed E-state index contributed by atoms with van der Waals surface area (Å²) in [6.45, 7) is 6.58.